The van der Waals surface area contributed by atoms with Gasteiger partial charge in [0.1, 0.15) is 0 Å². The molecule has 3 unspecified atom stereocenters. The Labute approximate surface area is 94.2 Å². The molecular weight excluding hydrogens is 188 g/mol. The number of nitrogens with one attached hydrogen (secondary N) is 1. The molecule has 1 fully saturated rings. The average Bonchev–Trinajstić information content (AvgIpc) is 2.77. The smallest absolute Gasteiger partial charge is 0.0622 e. The molecule has 0 spiro atoms. The van der Waals surface area contributed by atoms with Gasteiger partial charge >= 0.3 is 0 Å². The van der Waals surface area contributed by atoms with Crippen molar-refractivity contribution in [2.45, 2.75) is 51.7 Å². The Bertz CT molecular complexity index is 169. The van der Waals surface area contributed by atoms with E-state index in [1.54, 1.807) is 0 Å². The molecule has 0 saturated carbocycles. The van der Waals surface area contributed by atoms with Gasteiger partial charge in [0.25, 0.3) is 0 Å². The number of likely N-dealkylation sites (N-methyl/N-ethyl adjacent to an activating group) is 1. The fraction of sp³-hybridized carbons (Fsp3) is 1.00. The zero-order chi connectivity index (χ0) is 11.3. The van der Waals surface area contributed by atoms with Crippen molar-refractivity contribution >= 4 is 0 Å². The average molecular weight is 214 g/mol. The van der Waals surface area contributed by atoms with Gasteiger partial charge in [-0.25, -0.2) is 0 Å². The summed E-state index contributed by atoms with van der Waals surface area (Å²) in [5.74, 6) is 0. The van der Waals surface area contributed by atoms with Gasteiger partial charge in [-0.15, -0.1) is 0 Å². The Hall–Kier alpha value is -0.120. The second-order valence-corrected chi connectivity index (χ2v) is 4.75. The van der Waals surface area contributed by atoms with Crippen LogP contribution >= 0.6 is 0 Å². The molecule has 1 rings (SSSR count). The maximum absolute atomic E-state index is 5.41. The van der Waals surface area contributed by atoms with Gasteiger partial charge < -0.3 is 10.1 Å². The highest BCUT2D eigenvalue weighted by atomic mass is 16.5. The molecule has 1 N–H and O–H groups in total. The second-order valence-electron chi connectivity index (χ2n) is 4.75. The van der Waals surface area contributed by atoms with E-state index in [1.807, 2.05) is 0 Å². The lowest BCUT2D eigenvalue weighted by atomic mass is 10.1. The van der Waals surface area contributed by atoms with Crippen LogP contribution in [0.2, 0.25) is 0 Å². The molecule has 3 heteroatoms. The summed E-state index contributed by atoms with van der Waals surface area (Å²) in [4.78, 5) is 2.45. The van der Waals surface area contributed by atoms with Crippen LogP contribution in [0.4, 0.5) is 0 Å². The highest BCUT2D eigenvalue weighted by molar-refractivity contribution is 4.78. The highest BCUT2D eigenvalue weighted by Crippen LogP contribution is 2.12. The van der Waals surface area contributed by atoms with Crippen LogP contribution in [0.25, 0.3) is 0 Å². The van der Waals surface area contributed by atoms with Crippen LogP contribution in [-0.4, -0.2) is 49.8 Å². The molecule has 1 heterocycles. The predicted octanol–water partition coefficient (Wildman–Crippen LogP) is 1.48. The normalized spacial score (nSPS) is 25.8. The van der Waals surface area contributed by atoms with Gasteiger partial charge in [-0.1, -0.05) is 6.92 Å². The van der Waals surface area contributed by atoms with E-state index in [0.29, 0.717) is 18.1 Å². The molecule has 1 aliphatic heterocycles. The first-order chi connectivity index (χ1) is 7.15. The molecule has 0 bridgehead atoms. The lowest BCUT2D eigenvalue weighted by Gasteiger charge is -2.30. The van der Waals surface area contributed by atoms with Crippen molar-refractivity contribution in [2.24, 2.45) is 0 Å². The van der Waals surface area contributed by atoms with Gasteiger partial charge in [-0.2, -0.15) is 0 Å². The van der Waals surface area contributed by atoms with E-state index in [1.165, 1.54) is 12.8 Å². The number of rotatable bonds is 6. The minimum atomic E-state index is 0.589. The standard InChI is InChI=1S/C12H26N2O/c1-5-10(2)13-8-11(3)14(4)12-6-7-15-9-12/h10-13H,5-9H2,1-4H3. The molecule has 0 radical (unpaired) electrons. The molecule has 0 aromatic carbocycles. The van der Waals surface area contributed by atoms with Crippen molar-refractivity contribution in [3.63, 3.8) is 0 Å². The van der Waals surface area contributed by atoms with Gasteiger partial charge in [0.15, 0.2) is 0 Å². The molecule has 3 nitrogen and oxygen atoms in total. The summed E-state index contributed by atoms with van der Waals surface area (Å²) in [5, 5.41) is 3.55. The Morgan fingerprint density at radius 1 is 1.47 bits per heavy atom. The first-order valence-corrected chi connectivity index (χ1v) is 6.18. The Morgan fingerprint density at radius 2 is 2.20 bits per heavy atom. The SMILES string of the molecule is CCC(C)NCC(C)N(C)C1CCOC1. The molecule has 0 aliphatic carbocycles. The van der Waals surface area contributed by atoms with E-state index < -0.39 is 0 Å². The highest BCUT2D eigenvalue weighted by Gasteiger charge is 2.23. The van der Waals surface area contributed by atoms with Crippen LogP contribution in [0.5, 0.6) is 0 Å². The summed E-state index contributed by atoms with van der Waals surface area (Å²) in [7, 11) is 2.21. The van der Waals surface area contributed by atoms with Crippen LogP contribution in [0.15, 0.2) is 0 Å². The number of hydrogen-bond acceptors (Lipinski definition) is 3. The summed E-state index contributed by atoms with van der Waals surface area (Å²) in [6.45, 7) is 9.66. The van der Waals surface area contributed by atoms with E-state index in [9.17, 15) is 0 Å². The first-order valence-electron chi connectivity index (χ1n) is 6.18. The van der Waals surface area contributed by atoms with E-state index >= 15 is 0 Å². The molecule has 90 valence electrons. The fourth-order valence-electron chi connectivity index (χ4n) is 1.86. The van der Waals surface area contributed by atoms with Crippen molar-refractivity contribution in [1.82, 2.24) is 10.2 Å². The molecule has 15 heavy (non-hydrogen) atoms. The molecule has 1 aliphatic rings. The van der Waals surface area contributed by atoms with Gasteiger partial charge in [0, 0.05) is 31.3 Å². The van der Waals surface area contributed by atoms with Crippen molar-refractivity contribution in [3.05, 3.63) is 0 Å². The van der Waals surface area contributed by atoms with Gasteiger partial charge in [-0.05, 0) is 33.7 Å². The van der Waals surface area contributed by atoms with Crippen LogP contribution < -0.4 is 5.32 Å². The molecule has 3 atom stereocenters. The molecule has 1 saturated heterocycles. The minimum absolute atomic E-state index is 0.589. The third-order valence-corrected chi connectivity index (χ3v) is 3.55. The molecular formula is C12H26N2O. The maximum atomic E-state index is 5.41. The third-order valence-electron chi connectivity index (χ3n) is 3.55. The van der Waals surface area contributed by atoms with Crippen LogP contribution in [0.3, 0.4) is 0 Å². The van der Waals surface area contributed by atoms with Crippen molar-refractivity contribution in [1.29, 1.82) is 0 Å². The van der Waals surface area contributed by atoms with Crippen molar-refractivity contribution in [2.75, 3.05) is 26.8 Å². The number of ether oxygens (including phenoxy) is 1. The zero-order valence-electron chi connectivity index (χ0n) is 10.6. The van der Waals surface area contributed by atoms with Gasteiger partial charge in [0.05, 0.1) is 6.61 Å². The van der Waals surface area contributed by atoms with E-state index in [4.69, 9.17) is 4.74 Å². The predicted molar refractivity (Wildman–Crippen MR) is 64.2 cm³/mol. The van der Waals surface area contributed by atoms with Crippen molar-refractivity contribution < 1.29 is 4.74 Å². The summed E-state index contributed by atoms with van der Waals surface area (Å²) in [5.41, 5.74) is 0. The molecule has 0 aromatic heterocycles. The first kappa shape index (κ1) is 12.9. The van der Waals surface area contributed by atoms with Crippen LogP contribution in [0.1, 0.15) is 33.6 Å². The summed E-state index contributed by atoms with van der Waals surface area (Å²) in [6, 6.07) is 1.84. The van der Waals surface area contributed by atoms with E-state index in [2.05, 4.69) is 38.0 Å². The Morgan fingerprint density at radius 3 is 2.73 bits per heavy atom. The topological polar surface area (TPSA) is 24.5 Å². The molecule has 0 aromatic rings. The maximum Gasteiger partial charge on any atom is 0.0622 e. The number of nitrogens with zero attached hydrogens (tertiary/aromatic N) is 1. The Balaban J connectivity index is 2.22. The van der Waals surface area contributed by atoms with E-state index in [-0.39, 0.29) is 0 Å². The van der Waals surface area contributed by atoms with Gasteiger partial charge in [-0.3, -0.25) is 4.90 Å². The molecule has 0 amide bonds. The van der Waals surface area contributed by atoms with Crippen molar-refractivity contribution in [3.8, 4) is 0 Å². The summed E-state index contributed by atoms with van der Waals surface area (Å²) in [6.07, 6.45) is 2.38. The van der Waals surface area contributed by atoms with Crippen LogP contribution in [-0.2, 0) is 4.74 Å². The lowest BCUT2D eigenvalue weighted by Crippen LogP contribution is -2.45. The van der Waals surface area contributed by atoms with Gasteiger partial charge in [0.2, 0.25) is 0 Å². The summed E-state index contributed by atoms with van der Waals surface area (Å²) < 4.78 is 5.41. The minimum Gasteiger partial charge on any atom is -0.380 e. The monoisotopic (exact) mass is 214 g/mol. The largest absolute Gasteiger partial charge is 0.380 e. The van der Waals surface area contributed by atoms with Crippen LogP contribution in [0, 0.1) is 0 Å². The Kier molecular flexibility index (Phi) is 5.58. The fourth-order valence-corrected chi connectivity index (χ4v) is 1.86. The quantitative estimate of drug-likeness (QED) is 0.725. The summed E-state index contributed by atoms with van der Waals surface area (Å²) >= 11 is 0. The third kappa shape index (κ3) is 4.09. The second kappa shape index (κ2) is 6.46. The van der Waals surface area contributed by atoms with E-state index in [0.717, 1.165) is 19.8 Å². The zero-order valence-corrected chi connectivity index (χ0v) is 10.6. The number of hydrogen-bond donors (Lipinski definition) is 1. The lowest BCUT2D eigenvalue weighted by molar-refractivity contribution is 0.135.